The lowest BCUT2D eigenvalue weighted by Gasteiger charge is -2.23. The largest absolute Gasteiger partial charge is 0.409 e. The van der Waals surface area contributed by atoms with E-state index in [-0.39, 0.29) is 11.9 Å². The molecule has 19 heavy (non-hydrogen) atoms. The van der Waals surface area contributed by atoms with E-state index >= 15 is 0 Å². The van der Waals surface area contributed by atoms with Gasteiger partial charge in [-0.05, 0) is 25.6 Å². The molecule has 0 amide bonds. The Morgan fingerprint density at radius 1 is 1.53 bits per heavy atom. The molecule has 1 saturated heterocycles. The van der Waals surface area contributed by atoms with Crippen LogP contribution in [0.25, 0.3) is 0 Å². The maximum atomic E-state index is 8.76. The van der Waals surface area contributed by atoms with Gasteiger partial charge in [-0.2, -0.15) is 0 Å². The van der Waals surface area contributed by atoms with Gasteiger partial charge in [-0.3, -0.25) is 0 Å². The monoisotopic (exact) mass is 262 g/mol. The molecule has 0 radical (unpaired) electrons. The number of likely N-dealkylation sites (tertiary alicyclic amines) is 1. The van der Waals surface area contributed by atoms with E-state index in [0.29, 0.717) is 12.5 Å². The van der Waals surface area contributed by atoms with Crippen molar-refractivity contribution in [2.45, 2.75) is 24.9 Å². The first-order chi connectivity index (χ1) is 9.19. The first-order valence-electron chi connectivity index (χ1n) is 6.65. The molecule has 1 fully saturated rings. The molecule has 0 aliphatic carbocycles. The van der Waals surface area contributed by atoms with E-state index in [1.807, 2.05) is 18.2 Å². The van der Waals surface area contributed by atoms with Crippen molar-refractivity contribution in [1.82, 2.24) is 10.2 Å². The number of nitrogens with two attached hydrogens (primary N) is 1. The van der Waals surface area contributed by atoms with Crippen molar-refractivity contribution in [2.24, 2.45) is 10.9 Å². The number of benzene rings is 1. The first-order valence-corrected chi connectivity index (χ1v) is 6.65. The zero-order valence-electron chi connectivity index (χ0n) is 11.3. The molecule has 5 nitrogen and oxygen atoms in total. The molecule has 1 aliphatic heterocycles. The van der Waals surface area contributed by atoms with Crippen molar-refractivity contribution in [3.63, 3.8) is 0 Å². The van der Waals surface area contributed by atoms with Crippen molar-refractivity contribution < 1.29 is 5.21 Å². The van der Waals surface area contributed by atoms with E-state index in [9.17, 15) is 0 Å². The van der Waals surface area contributed by atoms with Crippen LogP contribution < -0.4 is 11.1 Å². The third kappa shape index (κ3) is 3.94. The second-order valence-corrected chi connectivity index (χ2v) is 5.17. The lowest BCUT2D eigenvalue weighted by molar-refractivity contribution is 0.314. The zero-order chi connectivity index (χ0) is 13.7. The van der Waals surface area contributed by atoms with Gasteiger partial charge in [-0.15, -0.1) is 0 Å². The van der Waals surface area contributed by atoms with E-state index in [2.05, 4.69) is 34.6 Å². The minimum absolute atomic E-state index is 0.0913. The van der Waals surface area contributed by atoms with E-state index in [4.69, 9.17) is 10.9 Å². The van der Waals surface area contributed by atoms with Gasteiger partial charge in [0.25, 0.3) is 0 Å². The predicted octanol–water partition coefficient (Wildman–Crippen LogP) is 1.16. The molecule has 2 atom stereocenters. The second-order valence-electron chi connectivity index (χ2n) is 5.17. The predicted molar refractivity (Wildman–Crippen MR) is 76.2 cm³/mol. The van der Waals surface area contributed by atoms with Gasteiger partial charge in [-0.25, -0.2) is 0 Å². The van der Waals surface area contributed by atoms with Crippen LogP contribution in [0.3, 0.4) is 0 Å². The van der Waals surface area contributed by atoms with Crippen LogP contribution in [0.1, 0.15) is 24.4 Å². The Morgan fingerprint density at radius 3 is 2.84 bits per heavy atom. The van der Waals surface area contributed by atoms with E-state index < -0.39 is 0 Å². The number of hydrogen-bond donors (Lipinski definition) is 3. The zero-order valence-corrected chi connectivity index (χ0v) is 11.3. The van der Waals surface area contributed by atoms with Crippen LogP contribution in [0.15, 0.2) is 35.5 Å². The van der Waals surface area contributed by atoms with Crippen molar-refractivity contribution >= 4 is 5.84 Å². The van der Waals surface area contributed by atoms with Crippen LogP contribution in [-0.4, -0.2) is 42.1 Å². The van der Waals surface area contributed by atoms with Gasteiger partial charge in [0.2, 0.25) is 0 Å². The quantitative estimate of drug-likeness (QED) is 0.322. The number of oxime groups is 1. The molecule has 0 aromatic heterocycles. The molecule has 104 valence electrons. The minimum Gasteiger partial charge on any atom is -0.409 e. The summed E-state index contributed by atoms with van der Waals surface area (Å²) in [6, 6.07) is 10.7. The van der Waals surface area contributed by atoms with Crippen molar-refractivity contribution in [2.75, 3.05) is 20.1 Å². The Kier molecular flexibility index (Phi) is 4.76. The van der Waals surface area contributed by atoms with Gasteiger partial charge in [0.1, 0.15) is 5.84 Å². The number of nitrogens with one attached hydrogen (secondary N) is 1. The maximum absolute atomic E-state index is 8.76. The second kappa shape index (κ2) is 6.54. The molecule has 1 aliphatic rings. The van der Waals surface area contributed by atoms with E-state index in [1.54, 1.807) is 0 Å². The summed E-state index contributed by atoms with van der Waals surface area (Å²) in [5.41, 5.74) is 6.83. The van der Waals surface area contributed by atoms with Gasteiger partial charge in [0.05, 0.1) is 0 Å². The highest BCUT2D eigenvalue weighted by atomic mass is 16.4. The summed E-state index contributed by atoms with van der Waals surface area (Å²) in [6.07, 6.45) is 1.65. The first kappa shape index (κ1) is 13.8. The summed E-state index contributed by atoms with van der Waals surface area (Å²) in [5.74, 6) is 0.257. The summed E-state index contributed by atoms with van der Waals surface area (Å²) >= 11 is 0. The summed E-state index contributed by atoms with van der Waals surface area (Å²) < 4.78 is 0. The number of rotatable bonds is 5. The Balaban J connectivity index is 2.06. The summed E-state index contributed by atoms with van der Waals surface area (Å²) in [6.45, 7) is 2.16. The van der Waals surface area contributed by atoms with Crippen LogP contribution in [0.2, 0.25) is 0 Å². The number of likely N-dealkylation sites (N-methyl/N-ethyl adjacent to an activating group) is 1. The summed E-state index contributed by atoms with van der Waals surface area (Å²) in [4.78, 5) is 2.31. The molecular weight excluding hydrogens is 240 g/mol. The Bertz CT molecular complexity index is 421. The van der Waals surface area contributed by atoms with Crippen molar-refractivity contribution in [1.29, 1.82) is 0 Å². The molecule has 1 heterocycles. The fraction of sp³-hybridized carbons (Fsp3) is 0.500. The molecule has 0 saturated carbocycles. The van der Waals surface area contributed by atoms with Crippen LogP contribution in [0.5, 0.6) is 0 Å². The van der Waals surface area contributed by atoms with Crippen molar-refractivity contribution in [3.8, 4) is 0 Å². The van der Waals surface area contributed by atoms with Gasteiger partial charge in [0.15, 0.2) is 0 Å². The minimum atomic E-state index is 0.0913. The van der Waals surface area contributed by atoms with Gasteiger partial charge < -0.3 is 21.2 Å². The summed E-state index contributed by atoms with van der Waals surface area (Å²) in [5, 5.41) is 15.5. The highest BCUT2D eigenvalue weighted by Crippen LogP contribution is 2.19. The van der Waals surface area contributed by atoms with Gasteiger partial charge in [0, 0.05) is 25.0 Å². The Labute approximate surface area is 114 Å². The van der Waals surface area contributed by atoms with Crippen LogP contribution >= 0.6 is 0 Å². The molecule has 2 unspecified atom stereocenters. The SMILES string of the molecule is CN1CCC(NC(CC(N)=NO)c2ccccc2)C1. The fourth-order valence-electron chi connectivity index (χ4n) is 2.56. The fourth-order valence-corrected chi connectivity index (χ4v) is 2.56. The highest BCUT2D eigenvalue weighted by molar-refractivity contribution is 5.80. The molecule has 5 heteroatoms. The molecule has 2 rings (SSSR count). The molecular formula is C14H22N4O. The highest BCUT2D eigenvalue weighted by Gasteiger charge is 2.23. The molecule has 0 bridgehead atoms. The Morgan fingerprint density at radius 2 is 2.26 bits per heavy atom. The third-order valence-electron chi connectivity index (χ3n) is 3.57. The molecule has 1 aromatic carbocycles. The Hall–Kier alpha value is -1.59. The molecule has 0 spiro atoms. The number of hydrogen-bond acceptors (Lipinski definition) is 4. The van der Waals surface area contributed by atoms with Crippen molar-refractivity contribution in [3.05, 3.63) is 35.9 Å². The number of nitrogens with zero attached hydrogens (tertiary/aromatic N) is 2. The standard InChI is InChI=1S/C14H22N4O/c1-18-8-7-12(10-18)16-13(9-14(15)17-19)11-5-3-2-4-6-11/h2-6,12-13,16,19H,7-10H2,1H3,(H2,15,17). The smallest absolute Gasteiger partial charge is 0.141 e. The van der Waals surface area contributed by atoms with Crippen LogP contribution in [-0.2, 0) is 0 Å². The normalized spacial score (nSPS) is 22.6. The van der Waals surface area contributed by atoms with E-state index in [1.165, 1.54) is 5.56 Å². The van der Waals surface area contributed by atoms with Gasteiger partial charge in [-0.1, -0.05) is 35.5 Å². The maximum Gasteiger partial charge on any atom is 0.141 e. The molecule has 1 aromatic rings. The van der Waals surface area contributed by atoms with Crippen LogP contribution in [0.4, 0.5) is 0 Å². The topological polar surface area (TPSA) is 73.9 Å². The number of amidine groups is 1. The lowest BCUT2D eigenvalue weighted by atomic mass is 10.0. The summed E-state index contributed by atoms with van der Waals surface area (Å²) in [7, 11) is 2.13. The van der Waals surface area contributed by atoms with Crippen LogP contribution in [0, 0.1) is 0 Å². The lowest BCUT2D eigenvalue weighted by Crippen LogP contribution is -2.36. The van der Waals surface area contributed by atoms with Gasteiger partial charge >= 0.3 is 0 Å². The third-order valence-corrected chi connectivity index (χ3v) is 3.57. The average Bonchev–Trinajstić information content (AvgIpc) is 2.84. The average molecular weight is 262 g/mol. The van der Waals surface area contributed by atoms with E-state index in [0.717, 1.165) is 19.5 Å². The molecule has 4 N–H and O–H groups in total.